The lowest BCUT2D eigenvalue weighted by Gasteiger charge is -2.31. The van der Waals surface area contributed by atoms with Crippen LogP contribution in [0.5, 0.6) is 0 Å². The number of amides is 1. The van der Waals surface area contributed by atoms with Crippen molar-refractivity contribution in [2.75, 3.05) is 26.2 Å². The summed E-state index contributed by atoms with van der Waals surface area (Å²) in [4.78, 5) is 17.9. The fourth-order valence-electron chi connectivity index (χ4n) is 2.42. The predicted molar refractivity (Wildman–Crippen MR) is 74.4 cm³/mol. The van der Waals surface area contributed by atoms with Gasteiger partial charge in [-0.05, 0) is 38.8 Å². The van der Waals surface area contributed by atoms with Crippen LogP contribution in [-0.4, -0.2) is 53.2 Å². The zero-order valence-electron chi connectivity index (χ0n) is 12.1. The molecule has 1 atom stereocenters. The molecule has 0 radical (unpaired) electrons. The summed E-state index contributed by atoms with van der Waals surface area (Å²) >= 11 is 0. The molecule has 0 aliphatic carbocycles. The van der Waals surface area contributed by atoms with Crippen molar-refractivity contribution >= 4 is 5.91 Å². The summed E-state index contributed by atoms with van der Waals surface area (Å²) in [6, 6.07) is 0. The van der Waals surface area contributed by atoms with Gasteiger partial charge < -0.3 is 19.7 Å². The number of oxazole rings is 1. The SMILES string of the molecule is Cc1ocnc1C(=O)NCC(O)CN1CCC(C)CC1. The normalized spacial score (nSPS) is 18.9. The number of aryl methyl sites for hydroxylation is 1. The number of hydrogen-bond donors (Lipinski definition) is 2. The summed E-state index contributed by atoms with van der Waals surface area (Å²) < 4.78 is 4.98. The van der Waals surface area contributed by atoms with Crippen molar-refractivity contribution in [1.29, 1.82) is 0 Å². The van der Waals surface area contributed by atoms with Crippen molar-refractivity contribution in [3.8, 4) is 0 Å². The predicted octanol–water partition coefficient (Wildman–Crippen LogP) is 0.806. The van der Waals surface area contributed by atoms with Crippen LogP contribution in [0.25, 0.3) is 0 Å². The van der Waals surface area contributed by atoms with Crippen LogP contribution in [0.3, 0.4) is 0 Å². The molecule has 1 aliphatic heterocycles. The molecule has 1 unspecified atom stereocenters. The fraction of sp³-hybridized carbons (Fsp3) is 0.714. The second-order valence-corrected chi connectivity index (χ2v) is 5.60. The molecule has 1 aliphatic rings. The maximum absolute atomic E-state index is 11.8. The van der Waals surface area contributed by atoms with E-state index in [-0.39, 0.29) is 18.1 Å². The molecule has 1 fully saturated rings. The number of hydrogen-bond acceptors (Lipinski definition) is 5. The molecule has 1 aromatic heterocycles. The Kier molecular flexibility index (Phi) is 5.14. The second kappa shape index (κ2) is 6.85. The van der Waals surface area contributed by atoms with Crippen LogP contribution in [0, 0.1) is 12.8 Å². The topological polar surface area (TPSA) is 78.6 Å². The third-order valence-corrected chi connectivity index (χ3v) is 3.80. The van der Waals surface area contributed by atoms with Gasteiger partial charge in [0.15, 0.2) is 12.1 Å². The second-order valence-electron chi connectivity index (χ2n) is 5.60. The van der Waals surface area contributed by atoms with Crippen LogP contribution in [0.4, 0.5) is 0 Å². The molecule has 20 heavy (non-hydrogen) atoms. The smallest absolute Gasteiger partial charge is 0.273 e. The highest BCUT2D eigenvalue weighted by atomic mass is 16.3. The average molecular weight is 281 g/mol. The Morgan fingerprint density at radius 2 is 2.30 bits per heavy atom. The number of aromatic nitrogens is 1. The lowest BCUT2D eigenvalue weighted by molar-refractivity contribution is 0.0792. The molecule has 0 aromatic carbocycles. The highest BCUT2D eigenvalue weighted by Crippen LogP contribution is 2.15. The standard InChI is InChI=1S/C14H23N3O3/c1-10-3-5-17(6-4-10)8-12(18)7-15-14(19)13-11(2)20-9-16-13/h9-10,12,18H,3-8H2,1-2H3,(H,15,19). The van der Waals surface area contributed by atoms with E-state index in [4.69, 9.17) is 4.42 Å². The summed E-state index contributed by atoms with van der Waals surface area (Å²) in [5.41, 5.74) is 0.281. The minimum absolute atomic E-state index is 0.233. The number of likely N-dealkylation sites (tertiary alicyclic amines) is 1. The molecule has 2 heterocycles. The van der Waals surface area contributed by atoms with Crippen LogP contribution < -0.4 is 5.32 Å². The van der Waals surface area contributed by atoms with Crippen molar-refractivity contribution < 1.29 is 14.3 Å². The summed E-state index contributed by atoms with van der Waals surface area (Å²) in [6.45, 7) is 6.83. The zero-order valence-corrected chi connectivity index (χ0v) is 12.1. The third-order valence-electron chi connectivity index (χ3n) is 3.80. The van der Waals surface area contributed by atoms with Gasteiger partial charge >= 0.3 is 0 Å². The Labute approximate surface area is 119 Å². The number of piperidine rings is 1. The minimum Gasteiger partial charge on any atom is -0.448 e. The molecule has 0 saturated carbocycles. The van der Waals surface area contributed by atoms with Crippen LogP contribution in [0.1, 0.15) is 36.0 Å². The number of rotatable bonds is 5. The molecule has 2 rings (SSSR count). The first-order chi connectivity index (χ1) is 9.56. The summed E-state index contributed by atoms with van der Waals surface area (Å²) in [7, 11) is 0. The third kappa shape index (κ3) is 4.05. The van der Waals surface area contributed by atoms with E-state index < -0.39 is 6.10 Å². The first kappa shape index (κ1) is 15.0. The van der Waals surface area contributed by atoms with Gasteiger partial charge in [0.05, 0.1) is 6.10 Å². The maximum atomic E-state index is 11.8. The zero-order chi connectivity index (χ0) is 14.5. The lowest BCUT2D eigenvalue weighted by atomic mass is 9.99. The van der Waals surface area contributed by atoms with Crippen molar-refractivity contribution in [2.24, 2.45) is 5.92 Å². The van der Waals surface area contributed by atoms with Crippen LogP contribution in [0.2, 0.25) is 0 Å². The number of carbonyl (C=O) groups is 1. The quantitative estimate of drug-likeness (QED) is 0.835. The van der Waals surface area contributed by atoms with Crippen molar-refractivity contribution in [2.45, 2.75) is 32.8 Å². The highest BCUT2D eigenvalue weighted by molar-refractivity contribution is 5.93. The van der Waals surface area contributed by atoms with E-state index in [9.17, 15) is 9.90 Å². The lowest BCUT2D eigenvalue weighted by Crippen LogP contribution is -2.43. The van der Waals surface area contributed by atoms with Gasteiger partial charge in [0, 0.05) is 13.1 Å². The van der Waals surface area contributed by atoms with Gasteiger partial charge in [0.2, 0.25) is 0 Å². The van der Waals surface area contributed by atoms with Crippen LogP contribution in [-0.2, 0) is 0 Å². The van der Waals surface area contributed by atoms with Gasteiger partial charge in [-0.2, -0.15) is 0 Å². The van der Waals surface area contributed by atoms with Crippen LogP contribution in [0.15, 0.2) is 10.8 Å². The summed E-state index contributed by atoms with van der Waals surface area (Å²) in [6.07, 6.45) is 3.05. The molecule has 6 heteroatoms. The first-order valence-electron chi connectivity index (χ1n) is 7.15. The number of nitrogens with zero attached hydrogens (tertiary/aromatic N) is 2. The molecular formula is C14H23N3O3. The number of aliphatic hydroxyl groups excluding tert-OH is 1. The Morgan fingerprint density at radius 3 is 2.90 bits per heavy atom. The molecular weight excluding hydrogens is 258 g/mol. The van der Waals surface area contributed by atoms with Gasteiger partial charge in [-0.1, -0.05) is 6.92 Å². The summed E-state index contributed by atoms with van der Waals surface area (Å²) in [5.74, 6) is 0.961. The first-order valence-corrected chi connectivity index (χ1v) is 7.15. The molecule has 0 bridgehead atoms. The summed E-state index contributed by atoms with van der Waals surface area (Å²) in [5, 5.41) is 12.7. The van der Waals surface area contributed by atoms with Crippen molar-refractivity contribution in [3.63, 3.8) is 0 Å². The Morgan fingerprint density at radius 1 is 1.60 bits per heavy atom. The monoisotopic (exact) mass is 281 g/mol. The molecule has 1 amide bonds. The Bertz CT molecular complexity index is 439. The van der Waals surface area contributed by atoms with Crippen molar-refractivity contribution in [3.05, 3.63) is 17.8 Å². The van der Waals surface area contributed by atoms with E-state index in [1.54, 1.807) is 6.92 Å². The molecule has 0 spiro atoms. The van der Waals surface area contributed by atoms with E-state index in [0.29, 0.717) is 12.3 Å². The van der Waals surface area contributed by atoms with E-state index in [1.807, 2.05) is 0 Å². The molecule has 6 nitrogen and oxygen atoms in total. The number of aliphatic hydroxyl groups is 1. The van der Waals surface area contributed by atoms with Gasteiger partial charge in [0.1, 0.15) is 5.76 Å². The van der Waals surface area contributed by atoms with Gasteiger partial charge in [0.25, 0.3) is 5.91 Å². The molecule has 112 valence electrons. The number of nitrogens with one attached hydrogen (secondary N) is 1. The molecule has 2 N–H and O–H groups in total. The Hall–Kier alpha value is -1.40. The van der Waals surface area contributed by atoms with E-state index in [1.165, 1.54) is 19.2 Å². The largest absolute Gasteiger partial charge is 0.448 e. The van der Waals surface area contributed by atoms with Gasteiger partial charge in [-0.15, -0.1) is 0 Å². The Balaban J connectivity index is 1.71. The fourth-order valence-corrected chi connectivity index (χ4v) is 2.42. The van der Waals surface area contributed by atoms with E-state index in [0.717, 1.165) is 19.0 Å². The van der Waals surface area contributed by atoms with Crippen molar-refractivity contribution in [1.82, 2.24) is 15.2 Å². The maximum Gasteiger partial charge on any atom is 0.273 e. The number of carbonyl (C=O) groups excluding carboxylic acids is 1. The van der Waals surface area contributed by atoms with Gasteiger partial charge in [-0.25, -0.2) is 4.98 Å². The minimum atomic E-state index is -0.556. The van der Waals surface area contributed by atoms with E-state index in [2.05, 4.69) is 22.1 Å². The molecule has 1 saturated heterocycles. The highest BCUT2D eigenvalue weighted by Gasteiger charge is 2.19. The average Bonchev–Trinajstić information content (AvgIpc) is 2.85. The van der Waals surface area contributed by atoms with Gasteiger partial charge in [-0.3, -0.25) is 4.79 Å². The van der Waals surface area contributed by atoms with Crippen LogP contribution >= 0.6 is 0 Å². The van der Waals surface area contributed by atoms with E-state index >= 15 is 0 Å². The molecule has 1 aromatic rings. The number of β-amino-alcohol motifs (C(OH)–C–C–N with tert-alkyl or cyclic N) is 1.